The lowest BCUT2D eigenvalue weighted by Gasteiger charge is -2.19. The van der Waals surface area contributed by atoms with Crippen molar-refractivity contribution in [1.29, 1.82) is 0 Å². The van der Waals surface area contributed by atoms with Crippen molar-refractivity contribution in [3.63, 3.8) is 0 Å². The second-order valence-corrected chi connectivity index (χ2v) is 4.40. The van der Waals surface area contributed by atoms with Gasteiger partial charge in [0.1, 0.15) is 0 Å². The highest BCUT2D eigenvalue weighted by molar-refractivity contribution is 5.81. The molecule has 1 rings (SSSR count). The Morgan fingerprint density at radius 2 is 2.11 bits per heavy atom. The largest absolute Gasteiger partial charge is 0.394 e. The van der Waals surface area contributed by atoms with Crippen molar-refractivity contribution in [2.75, 3.05) is 20.3 Å². The van der Waals surface area contributed by atoms with Gasteiger partial charge in [0.15, 0.2) is 0 Å². The monoisotopic (exact) mass is 266 g/mol. The lowest BCUT2D eigenvalue weighted by molar-refractivity contribution is -0.123. The molecule has 0 fully saturated rings. The number of ether oxygens (including phenoxy) is 1. The van der Waals surface area contributed by atoms with Crippen molar-refractivity contribution < 1.29 is 14.6 Å². The van der Waals surface area contributed by atoms with Gasteiger partial charge in [-0.2, -0.15) is 0 Å². The number of benzene rings is 1. The summed E-state index contributed by atoms with van der Waals surface area (Å²) in [6, 6.07) is 8.34. The summed E-state index contributed by atoms with van der Waals surface area (Å²) in [6.07, 6.45) is 1.30. The second kappa shape index (κ2) is 8.63. The molecule has 4 N–H and O–H groups in total. The van der Waals surface area contributed by atoms with E-state index in [1.807, 2.05) is 30.3 Å². The lowest BCUT2D eigenvalue weighted by atomic mass is 10.1. The number of carbonyl (C=O) groups excluding carboxylic acids is 1. The summed E-state index contributed by atoms with van der Waals surface area (Å²) in [5.74, 6) is -0.251. The highest BCUT2D eigenvalue weighted by atomic mass is 16.5. The maximum absolute atomic E-state index is 11.9. The molecule has 0 aliphatic heterocycles. The third-order valence-corrected chi connectivity index (χ3v) is 2.90. The first-order chi connectivity index (χ1) is 9.19. The Balaban J connectivity index is 2.49. The quantitative estimate of drug-likeness (QED) is 0.601. The minimum Gasteiger partial charge on any atom is -0.394 e. The molecule has 1 aromatic rings. The van der Waals surface area contributed by atoms with Crippen molar-refractivity contribution in [2.45, 2.75) is 24.9 Å². The Bertz CT molecular complexity index is 370. The van der Waals surface area contributed by atoms with Crippen LogP contribution in [-0.2, 0) is 9.53 Å². The average molecular weight is 266 g/mol. The number of carbonyl (C=O) groups is 1. The fourth-order valence-corrected chi connectivity index (χ4v) is 1.78. The lowest BCUT2D eigenvalue weighted by Crippen LogP contribution is -2.43. The SMILES string of the molecule is COCCCC(N)C(=O)N[C@H](CO)c1ccccc1. The Morgan fingerprint density at radius 3 is 2.68 bits per heavy atom. The van der Waals surface area contributed by atoms with Gasteiger partial charge < -0.3 is 20.9 Å². The molecule has 0 aromatic heterocycles. The Labute approximate surface area is 113 Å². The number of nitrogens with one attached hydrogen (secondary N) is 1. The molecule has 1 unspecified atom stereocenters. The molecule has 0 aliphatic carbocycles. The summed E-state index contributed by atoms with van der Waals surface area (Å²) in [7, 11) is 1.61. The summed E-state index contributed by atoms with van der Waals surface area (Å²) < 4.78 is 4.92. The van der Waals surface area contributed by atoms with E-state index in [1.54, 1.807) is 7.11 Å². The standard InChI is InChI=1S/C14H22N2O3/c1-19-9-5-8-12(15)14(18)16-13(10-17)11-6-3-2-4-7-11/h2-4,6-7,12-13,17H,5,8-10,15H2,1H3,(H,16,18)/t12?,13-/m1/s1. The van der Waals surface area contributed by atoms with E-state index in [1.165, 1.54) is 0 Å². The molecule has 0 radical (unpaired) electrons. The van der Waals surface area contributed by atoms with Crippen LogP contribution >= 0.6 is 0 Å². The van der Waals surface area contributed by atoms with Gasteiger partial charge in [0, 0.05) is 13.7 Å². The van der Waals surface area contributed by atoms with Gasteiger partial charge in [-0.3, -0.25) is 4.79 Å². The van der Waals surface area contributed by atoms with Crippen LogP contribution in [0.25, 0.3) is 0 Å². The van der Waals surface area contributed by atoms with Crippen molar-refractivity contribution in [2.24, 2.45) is 5.73 Å². The average Bonchev–Trinajstić information content (AvgIpc) is 2.45. The highest BCUT2D eigenvalue weighted by Crippen LogP contribution is 2.11. The van der Waals surface area contributed by atoms with Gasteiger partial charge in [0.05, 0.1) is 18.7 Å². The van der Waals surface area contributed by atoms with Crippen LogP contribution in [0.15, 0.2) is 30.3 Å². The van der Waals surface area contributed by atoms with Crippen LogP contribution in [0, 0.1) is 0 Å². The van der Waals surface area contributed by atoms with Gasteiger partial charge in [-0.25, -0.2) is 0 Å². The molecule has 19 heavy (non-hydrogen) atoms. The van der Waals surface area contributed by atoms with Gasteiger partial charge in [0.2, 0.25) is 5.91 Å². The van der Waals surface area contributed by atoms with Crippen LogP contribution in [0.2, 0.25) is 0 Å². The molecule has 0 bridgehead atoms. The first-order valence-corrected chi connectivity index (χ1v) is 6.39. The minimum atomic E-state index is -0.576. The molecular formula is C14H22N2O3. The molecule has 5 heteroatoms. The number of nitrogens with two attached hydrogens (primary N) is 1. The maximum Gasteiger partial charge on any atom is 0.237 e. The van der Waals surface area contributed by atoms with E-state index < -0.39 is 12.1 Å². The van der Waals surface area contributed by atoms with E-state index in [0.29, 0.717) is 13.0 Å². The van der Waals surface area contributed by atoms with E-state index in [0.717, 1.165) is 12.0 Å². The fourth-order valence-electron chi connectivity index (χ4n) is 1.78. The number of methoxy groups -OCH3 is 1. The Hall–Kier alpha value is -1.43. The summed E-state index contributed by atoms with van der Waals surface area (Å²) in [6.45, 7) is 0.434. The van der Waals surface area contributed by atoms with Gasteiger partial charge in [-0.05, 0) is 18.4 Å². The number of amides is 1. The third-order valence-electron chi connectivity index (χ3n) is 2.90. The third kappa shape index (κ3) is 5.38. The summed E-state index contributed by atoms with van der Waals surface area (Å²) in [4.78, 5) is 11.9. The van der Waals surface area contributed by atoms with E-state index in [2.05, 4.69) is 5.32 Å². The Kier molecular flexibility index (Phi) is 7.10. The zero-order valence-electron chi connectivity index (χ0n) is 11.2. The molecule has 5 nitrogen and oxygen atoms in total. The normalized spacial score (nSPS) is 13.8. The van der Waals surface area contributed by atoms with Crippen LogP contribution in [0.1, 0.15) is 24.4 Å². The number of aliphatic hydroxyl groups excluding tert-OH is 1. The zero-order valence-corrected chi connectivity index (χ0v) is 11.2. The molecule has 0 aliphatic rings. The predicted octanol–water partition coefficient (Wildman–Crippen LogP) is 0.590. The molecule has 2 atom stereocenters. The van der Waals surface area contributed by atoms with E-state index in [9.17, 15) is 9.90 Å². The molecule has 1 aromatic carbocycles. The van der Waals surface area contributed by atoms with Crippen LogP contribution in [0.4, 0.5) is 0 Å². The summed E-state index contributed by atoms with van der Waals surface area (Å²) in [5, 5.41) is 12.1. The molecule has 0 spiro atoms. The smallest absolute Gasteiger partial charge is 0.237 e. The fraction of sp³-hybridized carbons (Fsp3) is 0.500. The first-order valence-electron chi connectivity index (χ1n) is 6.39. The van der Waals surface area contributed by atoms with Crippen molar-refractivity contribution >= 4 is 5.91 Å². The van der Waals surface area contributed by atoms with Gasteiger partial charge >= 0.3 is 0 Å². The minimum absolute atomic E-state index is 0.152. The van der Waals surface area contributed by atoms with E-state index in [4.69, 9.17) is 10.5 Å². The molecule has 0 saturated carbocycles. The van der Waals surface area contributed by atoms with Crippen molar-refractivity contribution in [3.05, 3.63) is 35.9 Å². The van der Waals surface area contributed by atoms with Crippen LogP contribution in [0.3, 0.4) is 0 Å². The van der Waals surface area contributed by atoms with Gasteiger partial charge in [-0.1, -0.05) is 30.3 Å². The zero-order chi connectivity index (χ0) is 14.1. The molecule has 1 amide bonds. The van der Waals surface area contributed by atoms with Gasteiger partial charge in [-0.15, -0.1) is 0 Å². The summed E-state index contributed by atoms with van der Waals surface area (Å²) >= 11 is 0. The molecule has 0 heterocycles. The number of rotatable bonds is 8. The topological polar surface area (TPSA) is 84.6 Å². The number of hydrogen-bond donors (Lipinski definition) is 3. The van der Waals surface area contributed by atoms with E-state index >= 15 is 0 Å². The maximum atomic E-state index is 11.9. The van der Waals surface area contributed by atoms with Crippen molar-refractivity contribution in [3.8, 4) is 0 Å². The summed E-state index contributed by atoms with van der Waals surface area (Å²) in [5.41, 5.74) is 6.65. The van der Waals surface area contributed by atoms with Gasteiger partial charge in [0.25, 0.3) is 0 Å². The Morgan fingerprint density at radius 1 is 1.42 bits per heavy atom. The molecule has 106 valence electrons. The van der Waals surface area contributed by atoms with Crippen LogP contribution in [0.5, 0.6) is 0 Å². The van der Waals surface area contributed by atoms with E-state index in [-0.39, 0.29) is 12.5 Å². The van der Waals surface area contributed by atoms with Crippen LogP contribution < -0.4 is 11.1 Å². The predicted molar refractivity (Wildman–Crippen MR) is 73.5 cm³/mol. The first kappa shape index (κ1) is 15.6. The number of hydrogen-bond acceptors (Lipinski definition) is 4. The second-order valence-electron chi connectivity index (χ2n) is 4.40. The molecule has 0 saturated heterocycles. The molecular weight excluding hydrogens is 244 g/mol. The van der Waals surface area contributed by atoms with Crippen molar-refractivity contribution in [1.82, 2.24) is 5.32 Å². The highest BCUT2D eigenvalue weighted by Gasteiger charge is 2.18. The van der Waals surface area contributed by atoms with Crippen LogP contribution in [-0.4, -0.2) is 37.4 Å². The number of aliphatic hydroxyl groups is 1.